The van der Waals surface area contributed by atoms with Gasteiger partial charge in [0, 0.05) is 26.1 Å². The van der Waals surface area contributed by atoms with Gasteiger partial charge in [0.1, 0.15) is 0 Å². The highest BCUT2D eigenvalue weighted by Gasteiger charge is 2.23. The van der Waals surface area contributed by atoms with Gasteiger partial charge < -0.3 is 9.64 Å². The van der Waals surface area contributed by atoms with Gasteiger partial charge in [-0.25, -0.2) is 0 Å². The van der Waals surface area contributed by atoms with Crippen molar-refractivity contribution in [2.45, 2.75) is 45.4 Å². The van der Waals surface area contributed by atoms with Crippen molar-refractivity contribution in [3.8, 4) is 0 Å². The van der Waals surface area contributed by atoms with Crippen molar-refractivity contribution < 1.29 is 9.53 Å². The first-order chi connectivity index (χ1) is 7.75. The Kier molecular flexibility index (Phi) is 6.46. The van der Waals surface area contributed by atoms with Crippen LogP contribution in [-0.2, 0) is 9.53 Å². The predicted molar refractivity (Wildman–Crippen MR) is 65.3 cm³/mol. The third-order valence-corrected chi connectivity index (χ3v) is 3.25. The van der Waals surface area contributed by atoms with Crippen molar-refractivity contribution in [1.82, 2.24) is 4.90 Å². The second-order valence-electron chi connectivity index (χ2n) is 4.71. The average Bonchev–Trinajstić information content (AvgIpc) is 2.34. The van der Waals surface area contributed by atoms with Crippen LogP contribution in [0.2, 0.25) is 0 Å². The standard InChI is InChI=1S/C13H25NO2/c1-3-10-16-11-9-14(2)13(15)12-7-5-4-6-8-12/h12H,3-11H2,1-2H3. The molecule has 3 nitrogen and oxygen atoms in total. The Bertz CT molecular complexity index is 200. The number of carbonyl (C=O) groups excluding carboxylic acids is 1. The van der Waals surface area contributed by atoms with Crippen molar-refractivity contribution >= 4 is 5.91 Å². The lowest BCUT2D eigenvalue weighted by Gasteiger charge is -2.26. The molecule has 0 aromatic rings. The molecule has 0 aromatic carbocycles. The van der Waals surface area contributed by atoms with E-state index < -0.39 is 0 Å². The zero-order valence-corrected chi connectivity index (χ0v) is 10.7. The fraction of sp³-hybridized carbons (Fsp3) is 0.923. The molecular formula is C13H25NO2. The normalized spacial score (nSPS) is 17.4. The molecule has 0 spiro atoms. The van der Waals surface area contributed by atoms with Crippen LogP contribution in [0.15, 0.2) is 0 Å². The molecule has 1 aliphatic rings. The molecule has 1 rings (SSSR count). The molecular weight excluding hydrogens is 202 g/mol. The molecule has 0 atom stereocenters. The molecule has 1 amide bonds. The van der Waals surface area contributed by atoms with Crippen LogP contribution in [0, 0.1) is 5.92 Å². The molecule has 94 valence electrons. The maximum atomic E-state index is 12.0. The van der Waals surface area contributed by atoms with Crippen LogP contribution >= 0.6 is 0 Å². The highest BCUT2D eigenvalue weighted by Crippen LogP contribution is 2.24. The van der Waals surface area contributed by atoms with Crippen LogP contribution in [0.5, 0.6) is 0 Å². The second-order valence-corrected chi connectivity index (χ2v) is 4.71. The fourth-order valence-electron chi connectivity index (χ4n) is 2.22. The summed E-state index contributed by atoms with van der Waals surface area (Å²) in [4.78, 5) is 13.9. The minimum absolute atomic E-state index is 0.282. The Morgan fingerprint density at radius 2 is 1.94 bits per heavy atom. The average molecular weight is 227 g/mol. The Morgan fingerprint density at radius 3 is 2.56 bits per heavy atom. The molecule has 0 heterocycles. The lowest BCUT2D eigenvalue weighted by Crippen LogP contribution is -2.36. The van der Waals surface area contributed by atoms with Gasteiger partial charge in [-0.15, -0.1) is 0 Å². The Labute approximate surface area is 99.1 Å². The van der Waals surface area contributed by atoms with E-state index in [2.05, 4.69) is 6.92 Å². The first kappa shape index (κ1) is 13.5. The number of ether oxygens (including phenoxy) is 1. The van der Waals surface area contributed by atoms with Crippen LogP contribution < -0.4 is 0 Å². The van der Waals surface area contributed by atoms with Gasteiger partial charge in [-0.2, -0.15) is 0 Å². The quantitative estimate of drug-likeness (QED) is 0.652. The van der Waals surface area contributed by atoms with Crippen molar-refractivity contribution in [1.29, 1.82) is 0 Å². The third-order valence-electron chi connectivity index (χ3n) is 3.25. The summed E-state index contributed by atoms with van der Waals surface area (Å²) < 4.78 is 5.40. The highest BCUT2D eigenvalue weighted by atomic mass is 16.5. The van der Waals surface area contributed by atoms with Gasteiger partial charge in [-0.3, -0.25) is 4.79 Å². The number of amides is 1. The minimum Gasteiger partial charge on any atom is -0.380 e. The van der Waals surface area contributed by atoms with Crippen molar-refractivity contribution in [2.24, 2.45) is 5.92 Å². The van der Waals surface area contributed by atoms with E-state index in [0.29, 0.717) is 12.5 Å². The smallest absolute Gasteiger partial charge is 0.225 e. The van der Waals surface area contributed by atoms with E-state index in [-0.39, 0.29) is 5.92 Å². The monoisotopic (exact) mass is 227 g/mol. The van der Waals surface area contributed by atoms with E-state index in [4.69, 9.17) is 4.74 Å². The van der Waals surface area contributed by atoms with Gasteiger partial charge in [0.25, 0.3) is 0 Å². The largest absolute Gasteiger partial charge is 0.380 e. The molecule has 0 bridgehead atoms. The third kappa shape index (κ3) is 4.52. The molecule has 3 heteroatoms. The molecule has 0 unspecified atom stereocenters. The van der Waals surface area contributed by atoms with Crippen LogP contribution in [-0.4, -0.2) is 37.6 Å². The molecule has 0 aromatic heterocycles. The zero-order valence-electron chi connectivity index (χ0n) is 10.7. The van der Waals surface area contributed by atoms with Crippen molar-refractivity contribution in [3.63, 3.8) is 0 Å². The molecule has 0 radical (unpaired) electrons. The lowest BCUT2D eigenvalue weighted by molar-refractivity contribution is -0.135. The van der Waals surface area contributed by atoms with Gasteiger partial charge >= 0.3 is 0 Å². The van der Waals surface area contributed by atoms with E-state index in [0.717, 1.165) is 32.4 Å². The van der Waals surface area contributed by atoms with Crippen LogP contribution in [0.4, 0.5) is 0 Å². The van der Waals surface area contributed by atoms with E-state index in [1.807, 2.05) is 11.9 Å². The molecule has 0 saturated heterocycles. The van der Waals surface area contributed by atoms with E-state index in [1.54, 1.807) is 0 Å². The van der Waals surface area contributed by atoms with E-state index >= 15 is 0 Å². The van der Waals surface area contributed by atoms with Crippen LogP contribution in [0.1, 0.15) is 45.4 Å². The minimum atomic E-state index is 0.282. The van der Waals surface area contributed by atoms with Gasteiger partial charge in [-0.1, -0.05) is 26.2 Å². The van der Waals surface area contributed by atoms with Crippen LogP contribution in [0.25, 0.3) is 0 Å². The number of hydrogen-bond acceptors (Lipinski definition) is 2. The van der Waals surface area contributed by atoms with Gasteiger partial charge in [0.05, 0.1) is 6.61 Å². The second kappa shape index (κ2) is 7.66. The van der Waals surface area contributed by atoms with Gasteiger partial charge in [0.15, 0.2) is 0 Å². The predicted octanol–water partition coefficient (Wildman–Crippen LogP) is 2.45. The molecule has 1 saturated carbocycles. The number of hydrogen-bond donors (Lipinski definition) is 0. The van der Waals surface area contributed by atoms with Crippen molar-refractivity contribution in [2.75, 3.05) is 26.8 Å². The summed E-state index contributed by atoms with van der Waals surface area (Å²) in [5, 5.41) is 0. The van der Waals surface area contributed by atoms with Crippen molar-refractivity contribution in [3.05, 3.63) is 0 Å². The summed E-state index contributed by atoms with van der Waals surface area (Å²) >= 11 is 0. The molecule has 0 N–H and O–H groups in total. The first-order valence-electron chi connectivity index (χ1n) is 6.58. The maximum Gasteiger partial charge on any atom is 0.225 e. The molecule has 1 fully saturated rings. The maximum absolute atomic E-state index is 12.0. The highest BCUT2D eigenvalue weighted by molar-refractivity contribution is 5.78. The molecule has 1 aliphatic carbocycles. The summed E-state index contributed by atoms with van der Waals surface area (Å²) in [5.41, 5.74) is 0. The Balaban J connectivity index is 2.18. The number of likely N-dealkylation sites (N-methyl/N-ethyl adjacent to an activating group) is 1. The summed E-state index contributed by atoms with van der Waals surface area (Å²) in [6, 6.07) is 0. The SMILES string of the molecule is CCCOCCN(C)C(=O)C1CCCCC1. The number of carbonyl (C=O) groups is 1. The summed E-state index contributed by atoms with van der Waals surface area (Å²) in [5.74, 6) is 0.602. The van der Waals surface area contributed by atoms with E-state index in [9.17, 15) is 4.79 Å². The lowest BCUT2D eigenvalue weighted by atomic mass is 9.88. The first-order valence-corrected chi connectivity index (χ1v) is 6.58. The number of nitrogens with zero attached hydrogens (tertiary/aromatic N) is 1. The van der Waals surface area contributed by atoms with Gasteiger partial charge in [-0.05, 0) is 19.3 Å². The topological polar surface area (TPSA) is 29.5 Å². The van der Waals surface area contributed by atoms with E-state index in [1.165, 1.54) is 19.3 Å². The Morgan fingerprint density at radius 1 is 1.25 bits per heavy atom. The summed E-state index contributed by atoms with van der Waals surface area (Å²) in [6.45, 7) is 4.29. The zero-order chi connectivity index (χ0) is 11.8. The fourth-order valence-corrected chi connectivity index (χ4v) is 2.22. The number of rotatable bonds is 6. The van der Waals surface area contributed by atoms with Gasteiger partial charge in [0.2, 0.25) is 5.91 Å². The summed E-state index contributed by atoms with van der Waals surface area (Å²) in [6.07, 6.45) is 6.94. The van der Waals surface area contributed by atoms with Crippen LogP contribution in [0.3, 0.4) is 0 Å². The molecule has 0 aliphatic heterocycles. The Hall–Kier alpha value is -0.570. The summed E-state index contributed by atoms with van der Waals surface area (Å²) in [7, 11) is 1.90. The molecule has 16 heavy (non-hydrogen) atoms.